The molecule has 0 saturated carbocycles. The van der Waals surface area contributed by atoms with Gasteiger partial charge >= 0.3 is 0 Å². The van der Waals surface area contributed by atoms with Crippen LogP contribution in [0.25, 0.3) is 6.08 Å². The lowest BCUT2D eigenvalue weighted by molar-refractivity contribution is -0.116. The Bertz CT molecular complexity index is 1780. The lowest BCUT2D eigenvalue weighted by atomic mass is 10.1. The molecule has 0 aliphatic carbocycles. The van der Waals surface area contributed by atoms with Crippen LogP contribution in [-0.2, 0) is 9.59 Å². The Hall–Kier alpha value is -4.76. The van der Waals surface area contributed by atoms with E-state index in [0.29, 0.717) is 32.7 Å². The summed E-state index contributed by atoms with van der Waals surface area (Å²) in [6.45, 7) is 0. The quantitative estimate of drug-likeness (QED) is 0.105. The number of benzene rings is 4. The Morgan fingerprint density at radius 2 is 1.43 bits per heavy atom. The van der Waals surface area contributed by atoms with Crippen LogP contribution in [-0.4, -0.2) is 17.7 Å². The Morgan fingerprint density at radius 1 is 0.727 bits per heavy atom. The topological polar surface area (TPSA) is 100 Å². The number of rotatable bonds is 10. The summed E-state index contributed by atoms with van der Waals surface area (Å²) in [5.41, 5.74) is 2.12. The molecule has 0 aliphatic heterocycles. The largest absolute Gasteiger partial charge is 0.465 e. The van der Waals surface area contributed by atoms with Crippen molar-refractivity contribution >= 4 is 70.1 Å². The first-order valence-corrected chi connectivity index (χ1v) is 15.0. The molecule has 0 spiro atoms. The van der Waals surface area contributed by atoms with Crippen LogP contribution in [0, 0.1) is 0 Å². The second-order valence-electron chi connectivity index (χ2n) is 9.43. The van der Waals surface area contributed by atoms with Gasteiger partial charge in [0.25, 0.3) is 11.8 Å². The minimum absolute atomic E-state index is 0.00594. The number of carbonyl (C=O) groups excluding carboxylic acids is 3. The fourth-order valence-electron chi connectivity index (χ4n) is 4.17. The van der Waals surface area contributed by atoms with Gasteiger partial charge in [0.2, 0.25) is 5.91 Å². The van der Waals surface area contributed by atoms with Gasteiger partial charge in [0.05, 0.1) is 6.26 Å². The highest BCUT2D eigenvalue weighted by atomic mass is 35.5. The highest BCUT2D eigenvalue weighted by Crippen LogP contribution is 2.37. The fourth-order valence-corrected chi connectivity index (χ4v) is 5.78. The normalized spacial score (nSPS) is 11.8. The van der Waals surface area contributed by atoms with E-state index in [1.165, 1.54) is 24.1 Å². The molecule has 1 heterocycles. The third-order valence-corrected chi connectivity index (χ3v) is 7.86. The summed E-state index contributed by atoms with van der Waals surface area (Å²) in [6, 6.07) is 33.2. The van der Waals surface area contributed by atoms with Gasteiger partial charge in [0.1, 0.15) is 16.7 Å². The minimum atomic E-state index is -0.639. The molecule has 220 valence electrons. The molecule has 1 atom stereocenters. The van der Waals surface area contributed by atoms with Crippen LogP contribution in [0.4, 0.5) is 11.4 Å². The van der Waals surface area contributed by atoms with E-state index in [1.807, 2.05) is 36.4 Å². The number of halogens is 2. The van der Waals surface area contributed by atoms with Crippen LogP contribution in [0.15, 0.2) is 137 Å². The van der Waals surface area contributed by atoms with Gasteiger partial charge < -0.3 is 20.4 Å². The van der Waals surface area contributed by atoms with Gasteiger partial charge in [-0.15, -0.1) is 11.8 Å². The molecular weight excluding hydrogens is 617 g/mol. The molecule has 4 aromatic carbocycles. The summed E-state index contributed by atoms with van der Waals surface area (Å²) >= 11 is 13.6. The molecule has 3 N–H and O–H groups in total. The predicted molar refractivity (Wildman–Crippen MR) is 176 cm³/mol. The zero-order chi connectivity index (χ0) is 30.9. The molecule has 44 heavy (non-hydrogen) atoms. The van der Waals surface area contributed by atoms with Crippen molar-refractivity contribution < 1.29 is 18.8 Å². The second kappa shape index (κ2) is 14.6. The molecule has 0 radical (unpaired) electrons. The molecule has 1 unspecified atom stereocenters. The van der Waals surface area contributed by atoms with Crippen molar-refractivity contribution in [3.05, 3.63) is 154 Å². The second-order valence-corrected chi connectivity index (χ2v) is 11.5. The van der Waals surface area contributed by atoms with Crippen molar-refractivity contribution in [3.8, 4) is 0 Å². The van der Waals surface area contributed by atoms with Gasteiger partial charge in [-0.05, 0) is 66.2 Å². The first-order chi connectivity index (χ1) is 21.3. The number of thioether (sulfide) groups is 1. The van der Waals surface area contributed by atoms with E-state index in [4.69, 9.17) is 27.6 Å². The Labute approximate surface area is 268 Å². The van der Waals surface area contributed by atoms with Crippen molar-refractivity contribution in [1.29, 1.82) is 0 Å². The number of furan rings is 1. The number of amides is 3. The van der Waals surface area contributed by atoms with Crippen LogP contribution < -0.4 is 16.0 Å². The van der Waals surface area contributed by atoms with E-state index in [-0.39, 0.29) is 11.6 Å². The molecule has 0 aliphatic rings. The van der Waals surface area contributed by atoms with Crippen LogP contribution in [0.1, 0.15) is 26.9 Å². The predicted octanol–water partition coefficient (Wildman–Crippen LogP) is 8.47. The molecule has 10 heteroatoms. The minimum Gasteiger partial charge on any atom is -0.465 e. The maximum Gasteiger partial charge on any atom is 0.272 e. The number of anilines is 2. The van der Waals surface area contributed by atoms with Crippen molar-refractivity contribution in [3.63, 3.8) is 0 Å². The van der Waals surface area contributed by atoms with Crippen LogP contribution in [0.5, 0.6) is 0 Å². The first kappa shape index (κ1) is 30.7. The van der Waals surface area contributed by atoms with Gasteiger partial charge in [0, 0.05) is 38.0 Å². The zero-order valence-electron chi connectivity index (χ0n) is 23.0. The molecular formula is C34H25Cl2N3O4S. The highest BCUT2D eigenvalue weighted by Gasteiger charge is 2.23. The summed E-state index contributed by atoms with van der Waals surface area (Å²) < 4.78 is 5.37. The van der Waals surface area contributed by atoms with E-state index < -0.39 is 17.1 Å². The first-order valence-electron chi connectivity index (χ1n) is 13.4. The molecule has 0 bridgehead atoms. The molecule has 7 nitrogen and oxygen atoms in total. The van der Waals surface area contributed by atoms with Crippen molar-refractivity contribution in [1.82, 2.24) is 5.32 Å². The maximum absolute atomic E-state index is 13.5. The third kappa shape index (κ3) is 8.41. The number of hydrogen-bond acceptors (Lipinski definition) is 5. The average molecular weight is 643 g/mol. The van der Waals surface area contributed by atoms with E-state index in [1.54, 1.807) is 78.9 Å². The smallest absolute Gasteiger partial charge is 0.272 e. The average Bonchev–Trinajstić information content (AvgIpc) is 3.53. The molecule has 5 rings (SSSR count). The SMILES string of the molecule is O=C(Nc1cccc(SC(C(=O)Nc2cc(Cl)cc(Cl)c2)c2ccccc2)c1)/C(=C/c1ccco1)NC(=O)c1ccccc1. The van der Waals surface area contributed by atoms with Gasteiger partial charge in [0.15, 0.2) is 0 Å². The molecule has 5 aromatic rings. The van der Waals surface area contributed by atoms with Gasteiger partial charge in [-0.25, -0.2) is 0 Å². The highest BCUT2D eigenvalue weighted by molar-refractivity contribution is 8.00. The van der Waals surface area contributed by atoms with E-state index >= 15 is 0 Å². The van der Waals surface area contributed by atoms with Gasteiger partial charge in [-0.3, -0.25) is 14.4 Å². The zero-order valence-corrected chi connectivity index (χ0v) is 25.3. The fraction of sp³-hybridized carbons (Fsp3) is 0.0294. The summed E-state index contributed by atoms with van der Waals surface area (Å²) in [6.07, 6.45) is 2.92. The van der Waals surface area contributed by atoms with Crippen molar-refractivity contribution in [2.24, 2.45) is 0 Å². The van der Waals surface area contributed by atoms with E-state index in [0.717, 1.165) is 10.5 Å². The Balaban J connectivity index is 1.36. The molecule has 3 amide bonds. The van der Waals surface area contributed by atoms with Crippen LogP contribution >= 0.6 is 35.0 Å². The van der Waals surface area contributed by atoms with E-state index in [2.05, 4.69) is 16.0 Å². The molecule has 0 saturated heterocycles. The maximum atomic E-state index is 13.5. The summed E-state index contributed by atoms with van der Waals surface area (Å²) in [5, 5.41) is 8.59. The summed E-state index contributed by atoms with van der Waals surface area (Å²) in [7, 11) is 0. The van der Waals surface area contributed by atoms with E-state index in [9.17, 15) is 14.4 Å². The van der Waals surface area contributed by atoms with Gasteiger partial charge in [-0.2, -0.15) is 0 Å². The van der Waals surface area contributed by atoms with Crippen molar-refractivity contribution in [2.75, 3.05) is 10.6 Å². The lowest BCUT2D eigenvalue weighted by Gasteiger charge is -2.18. The lowest BCUT2D eigenvalue weighted by Crippen LogP contribution is -2.30. The number of hydrogen-bond donors (Lipinski definition) is 3. The standard InChI is InChI=1S/C34H25Cl2N3O4S/c35-24-17-25(36)19-27(18-24)38-34(42)31(22-9-3-1-4-10-22)44-29-15-7-13-26(20-29)37-33(41)30(21-28-14-8-16-43-28)39-32(40)23-11-5-2-6-12-23/h1-21,31H,(H,37,41)(H,38,42)(H,39,40)/b30-21-. The molecule has 0 fully saturated rings. The molecule has 1 aromatic heterocycles. The van der Waals surface area contributed by atoms with Gasteiger partial charge in [-0.1, -0.05) is 77.8 Å². The Kier molecular flexibility index (Phi) is 10.2. The third-order valence-electron chi connectivity index (χ3n) is 6.17. The van der Waals surface area contributed by atoms with Crippen molar-refractivity contribution in [2.45, 2.75) is 10.1 Å². The Morgan fingerprint density at radius 3 is 2.11 bits per heavy atom. The number of nitrogens with one attached hydrogen (secondary N) is 3. The van der Waals surface area contributed by atoms with Crippen LogP contribution in [0.2, 0.25) is 10.0 Å². The monoisotopic (exact) mass is 641 g/mol. The summed E-state index contributed by atoms with van der Waals surface area (Å²) in [5.74, 6) is -0.879. The number of carbonyl (C=O) groups is 3. The summed E-state index contributed by atoms with van der Waals surface area (Å²) in [4.78, 5) is 40.5. The van der Waals surface area contributed by atoms with Crippen LogP contribution in [0.3, 0.4) is 0 Å².